The number of imidazole rings is 1. The lowest BCUT2D eigenvalue weighted by atomic mass is 10.2. The van der Waals surface area contributed by atoms with E-state index in [1.807, 2.05) is 28.8 Å². The van der Waals surface area contributed by atoms with Gasteiger partial charge in [0.25, 0.3) is 5.91 Å². The van der Waals surface area contributed by atoms with Gasteiger partial charge in [0.2, 0.25) is 11.9 Å². The van der Waals surface area contributed by atoms with Crippen LogP contribution in [-0.2, 0) is 11.3 Å². The Hall–Kier alpha value is -3.59. The van der Waals surface area contributed by atoms with Crippen molar-refractivity contribution in [2.24, 2.45) is 0 Å². The number of anilines is 1. The number of fused-ring (bicyclic) bond motifs is 1. The van der Waals surface area contributed by atoms with Gasteiger partial charge in [-0.15, -0.1) is 0 Å². The molecule has 2 N–H and O–H groups in total. The molecule has 2 aromatic carbocycles. The molecule has 0 aliphatic carbocycles. The van der Waals surface area contributed by atoms with Gasteiger partial charge in [0.05, 0.1) is 31.8 Å². The van der Waals surface area contributed by atoms with Crippen molar-refractivity contribution >= 4 is 28.8 Å². The van der Waals surface area contributed by atoms with Crippen molar-refractivity contribution in [2.45, 2.75) is 20.4 Å². The molecule has 0 radical (unpaired) electrons. The summed E-state index contributed by atoms with van der Waals surface area (Å²) in [7, 11) is 3.02. The second-order valence-corrected chi connectivity index (χ2v) is 7.40. The highest BCUT2D eigenvalue weighted by molar-refractivity contribution is 5.99. The maximum atomic E-state index is 12.6. The third kappa shape index (κ3) is 5.81. The average Bonchev–Trinajstić information content (AvgIpc) is 3.19. The van der Waals surface area contributed by atoms with Crippen LogP contribution in [0.2, 0.25) is 0 Å². The molecule has 176 valence electrons. The van der Waals surface area contributed by atoms with Crippen molar-refractivity contribution in [2.75, 3.05) is 45.7 Å². The van der Waals surface area contributed by atoms with E-state index < -0.39 is 0 Å². The molecule has 0 saturated heterocycles. The van der Waals surface area contributed by atoms with E-state index in [0.717, 1.165) is 30.7 Å². The number of nitrogens with zero attached hydrogens (tertiary/aromatic N) is 3. The zero-order valence-electron chi connectivity index (χ0n) is 19.6. The molecule has 2 amide bonds. The first-order chi connectivity index (χ1) is 16.0. The number of methoxy groups -OCH3 is 2. The minimum Gasteiger partial charge on any atom is -0.493 e. The summed E-state index contributed by atoms with van der Waals surface area (Å²) in [4.78, 5) is 32.0. The molecular weight excluding hydrogens is 422 g/mol. The second kappa shape index (κ2) is 11.3. The summed E-state index contributed by atoms with van der Waals surface area (Å²) in [6, 6.07) is 12.6. The highest BCUT2D eigenvalue weighted by Gasteiger charge is 2.16. The Kier molecular flexibility index (Phi) is 8.26. The first kappa shape index (κ1) is 24.1. The number of ether oxygens (including phenoxy) is 2. The number of carbonyl (C=O) groups excluding carboxylic acids is 2. The van der Waals surface area contributed by atoms with Gasteiger partial charge in [-0.1, -0.05) is 26.0 Å². The largest absolute Gasteiger partial charge is 0.493 e. The van der Waals surface area contributed by atoms with E-state index in [-0.39, 0.29) is 18.4 Å². The van der Waals surface area contributed by atoms with E-state index in [1.54, 1.807) is 18.2 Å². The molecule has 0 bridgehead atoms. The minimum atomic E-state index is -0.388. The van der Waals surface area contributed by atoms with Crippen molar-refractivity contribution in [1.29, 1.82) is 0 Å². The number of amides is 2. The summed E-state index contributed by atoms with van der Waals surface area (Å²) in [5, 5.41) is 5.48. The van der Waals surface area contributed by atoms with Crippen LogP contribution < -0.4 is 20.1 Å². The molecule has 9 heteroatoms. The van der Waals surface area contributed by atoms with Gasteiger partial charge in [-0.2, -0.15) is 0 Å². The first-order valence-corrected chi connectivity index (χ1v) is 11.0. The zero-order valence-corrected chi connectivity index (χ0v) is 19.6. The maximum absolute atomic E-state index is 12.6. The highest BCUT2D eigenvalue weighted by Crippen LogP contribution is 2.27. The smallest absolute Gasteiger partial charge is 0.251 e. The molecule has 3 aromatic rings. The van der Waals surface area contributed by atoms with E-state index in [4.69, 9.17) is 9.47 Å². The van der Waals surface area contributed by atoms with Crippen molar-refractivity contribution in [3.8, 4) is 11.5 Å². The molecule has 0 saturated carbocycles. The number of likely N-dealkylation sites (N-methyl/N-ethyl adjacent to an activating group) is 1. The molecule has 9 nitrogen and oxygen atoms in total. The van der Waals surface area contributed by atoms with Crippen LogP contribution >= 0.6 is 0 Å². The molecular formula is C24H31N5O4. The topological polar surface area (TPSA) is 97.7 Å². The molecule has 33 heavy (non-hydrogen) atoms. The van der Waals surface area contributed by atoms with Gasteiger partial charge in [0.15, 0.2) is 11.5 Å². The van der Waals surface area contributed by atoms with E-state index in [2.05, 4.69) is 34.4 Å². The highest BCUT2D eigenvalue weighted by atomic mass is 16.5. The molecule has 0 fully saturated rings. The zero-order chi connectivity index (χ0) is 23.8. The number of para-hydroxylation sites is 2. The van der Waals surface area contributed by atoms with Crippen molar-refractivity contribution in [3.05, 3.63) is 48.0 Å². The Morgan fingerprint density at radius 3 is 2.45 bits per heavy atom. The molecule has 1 heterocycles. The third-order valence-corrected chi connectivity index (χ3v) is 5.50. The standard InChI is InChI=1S/C24H31N5O4/c1-5-28(6-2)13-14-29-19-10-8-7-9-18(19)26-24(29)27-22(30)16-25-23(31)17-11-12-20(32-3)21(15-17)33-4/h7-12,15H,5-6,13-14,16H2,1-4H3,(H,25,31)(H,26,27,30). The predicted molar refractivity (Wildman–Crippen MR) is 128 cm³/mol. The molecule has 0 aliphatic rings. The predicted octanol–water partition coefficient (Wildman–Crippen LogP) is 2.76. The van der Waals surface area contributed by atoms with Gasteiger partial charge < -0.3 is 24.3 Å². The molecule has 0 aliphatic heterocycles. The summed E-state index contributed by atoms with van der Waals surface area (Å²) in [6.45, 7) is 7.49. The number of carbonyl (C=O) groups is 2. The van der Waals surface area contributed by atoms with Crippen LogP contribution in [0, 0.1) is 0 Å². The van der Waals surface area contributed by atoms with Crippen LogP contribution in [0.5, 0.6) is 11.5 Å². The molecule has 0 unspecified atom stereocenters. The lowest BCUT2D eigenvalue weighted by molar-refractivity contribution is -0.115. The number of hydrogen-bond acceptors (Lipinski definition) is 6. The number of hydrogen-bond donors (Lipinski definition) is 2. The lowest BCUT2D eigenvalue weighted by Crippen LogP contribution is -2.34. The number of rotatable bonds is 11. The summed E-state index contributed by atoms with van der Waals surface area (Å²) in [6.07, 6.45) is 0. The number of aromatic nitrogens is 2. The van der Waals surface area contributed by atoms with Crippen LogP contribution in [0.25, 0.3) is 11.0 Å². The van der Waals surface area contributed by atoms with Crippen LogP contribution in [-0.4, -0.2) is 66.7 Å². The van der Waals surface area contributed by atoms with Crippen LogP contribution in [0.1, 0.15) is 24.2 Å². The van der Waals surface area contributed by atoms with E-state index >= 15 is 0 Å². The first-order valence-electron chi connectivity index (χ1n) is 11.0. The third-order valence-electron chi connectivity index (χ3n) is 5.50. The maximum Gasteiger partial charge on any atom is 0.251 e. The average molecular weight is 454 g/mol. The Balaban J connectivity index is 1.68. The Bertz CT molecular complexity index is 1110. The molecule has 0 atom stereocenters. The van der Waals surface area contributed by atoms with Crippen LogP contribution in [0.15, 0.2) is 42.5 Å². The fourth-order valence-electron chi connectivity index (χ4n) is 3.59. The van der Waals surface area contributed by atoms with E-state index in [1.165, 1.54) is 14.2 Å². The van der Waals surface area contributed by atoms with Crippen molar-refractivity contribution in [1.82, 2.24) is 19.8 Å². The van der Waals surface area contributed by atoms with Gasteiger partial charge in [-0.3, -0.25) is 14.9 Å². The molecule has 0 spiro atoms. The number of benzene rings is 2. The van der Waals surface area contributed by atoms with Crippen LogP contribution in [0.4, 0.5) is 5.95 Å². The monoisotopic (exact) mass is 453 g/mol. The quantitative estimate of drug-likeness (QED) is 0.463. The Morgan fingerprint density at radius 2 is 1.76 bits per heavy atom. The second-order valence-electron chi connectivity index (χ2n) is 7.40. The summed E-state index contributed by atoms with van der Waals surface area (Å²) >= 11 is 0. The lowest BCUT2D eigenvalue weighted by Gasteiger charge is -2.19. The molecule has 1 aromatic heterocycles. The Labute approximate surface area is 193 Å². The summed E-state index contributed by atoms with van der Waals surface area (Å²) < 4.78 is 12.4. The summed E-state index contributed by atoms with van der Waals surface area (Å²) in [5.41, 5.74) is 2.13. The van der Waals surface area contributed by atoms with E-state index in [9.17, 15) is 9.59 Å². The van der Waals surface area contributed by atoms with Gasteiger partial charge in [0.1, 0.15) is 0 Å². The van der Waals surface area contributed by atoms with Gasteiger partial charge in [-0.05, 0) is 43.4 Å². The minimum absolute atomic E-state index is 0.188. The normalized spacial score (nSPS) is 10.9. The fraction of sp³-hybridized carbons (Fsp3) is 0.375. The van der Waals surface area contributed by atoms with Gasteiger partial charge in [0, 0.05) is 18.7 Å². The molecule has 3 rings (SSSR count). The van der Waals surface area contributed by atoms with Gasteiger partial charge in [-0.25, -0.2) is 4.98 Å². The van der Waals surface area contributed by atoms with Crippen molar-refractivity contribution in [3.63, 3.8) is 0 Å². The van der Waals surface area contributed by atoms with E-state index in [0.29, 0.717) is 29.6 Å². The Morgan fingerprint density at radius 1 is 1.03 bits per heavy atom. The van der Waals surface area contributed by atoms with Crippen LogP contribution in [0.3, 0.4) is 0 Å². The SMILES string of the molecule is CCN(CC)CCn1c(NC(=O)CNC(=O)c2ccc(OC)c(OC)c2)nc2ccccc21. The van der Waals surface area contributed by atoms with Crippen molar-refractivity contribution < 1.29 is 19.1 Å². The van der Waals surface area contributed by atoms with Gasteiger partial charge >= 0.3 is 0 Å². The fourth-order valence-corrected chi connectivity index (χ4v) is 3.59. The number of nitrogens with one attached hydrogen (secondary N) is 2. The summed E-state index contributed by atoms with van der Waals surface area (Å²) in [5.74, 6) is 0.685.